The molecule has 206 valence electrons. The third-order valence-corrected chi connectivity index (χ3v) is 7.22. The van der Waals surface area contributed by atoms with Crippen molar-refractivity contribution in [2.45, 2.75) is 39.0 Å². The smallest absolute Gasteiger partial charge is 0.351 e. The zero-order chi connectivity index (χ0) is 28.6. The minimum absolute atomic E-state index is 0.0822. The van der Waals surface area contributed by atoms with Crippen molar-refractivity contribution >= 4 is 34.6 Å². The molecule has 5 rings (SSSR count). The maximum absolute atomic E-state index is 13.5. The Hall–Kier alpha value is -4.18. The minimum Gasteiger partial charge on any atom is -0.351 e. The van der Waals surface area contributed by atoms with E-state index in [9.17, 15) is 18.0 Å². The number of hydrogen-bond acceptors (Lipinski definition) is 3. The van der Waals surface area contributed by atoms with E-state index in [0.29, 0.717) is 16.5 Å². The fourth-order valence-electron chi connectivity index (χ4n) is 4.85. The summed E-state index contributed by atoms with van der Waals surface area (Å²) in [6.45, 7) is 5.56. The number of thiocarbonyl (C=S) groups is 1. The molecule has 1 saturated heterocycles. The first kappa shape index (κ1) is 27.4. The van der Waals surface area contributed by atoms with Crippen molar-refractivity contribution in [3.05, 3.63) is 108 Å². The van der Waals surface area contributed by atoms with Gasteiger partial charge in [-0.3, -0.25) is 9.78 Å². The normalized spacial score (nSPS) is 17.3. The largest absolute Gasteiger partial charge is 0.416 e. The van der Waals surface area contributed by atoms with Crippen molar-refractivity contribution in [2.24, 2.45) is 5.92 Å². The summed E-state index contributed by atoms with van der Waals surface area (Å²) in [7, 11) is 0. The highest BCUT2D eigenvalue weighted by molar-refractivity contribution is 7.80. The molecule has 0 saturated carbocycles. The number of anilines is 2. The number of amides is 1. The Labute approximate surface area is 235 Å². The lowest BCUT2D eigenvalue weighted by molar-refractivity contribution is -0.137. The average Bonchev–Trinajstić information content (AvgIpc) is 3.54. The summed E-state index contributed by atoms with van der Waals surface area (Å²) in [5.41, 5.74) is 3.46. The lowest BCUT2D eigenvalue weighted by atomic mass is 10.00. The van der Waals surface area contributed by atoms with Gasteiger partial charge in [-0.05, 0) is 85.4 Å². The van der Waals surface area contributed by atoms with Crippen molar-refractivity contribution in [3.8, 4) is 5.69 Å². The van der Waals surface area contributed by atoms with Crippen LogP contribution in [0.2, 0.25) is 0 Å². The monoisotopic (exact) mass is 563 g/mol. The first-order valence-corrected chi connectivity index (χ1v) is 13.2. The number of nitrogens with one attached hydrogen (secondary N) is 2. The SMILES string of the molecule is Cc1cc(N2C(=S)N[C@@H](c3ccccn3)[C@@H]2c2cccn2-c2cccc(C(F)(F)F)c2)ccc1NC(=O)C(C)C. The van der Waals surface area contributed by atoms with Crippen LogP contribution in [-0.2, 0) is 11.0 Å². The average molecular weight is 564 g/mol. The minimum atomic E-state index is -4.47. The fraction of sp³-hybridized carbons (Fsp3) is 0.233. The van der Waals surface area contributed by atoms with Crippen molar-refractivity contribution in [3.63, 3.8) is 0 Å². The predicted octanol–water partition coefficient (Wildman–Crippen LogP) is 6.97. The van der Waals surface area contributed by atoms with Crippen LogP contribution < -0.4 is 15.5 Å². The molecule has 40 heavy (non-hydrogen) atoms. The van der Waals surface area contributed by atoms with Gasteiger partial charge < -0.3 is 20.1 Å². The molecule has 6 nitrogen and oxygen atoms in total. The van der Waals surface area contributed by atoms with Crippen LogP contribution in [0.3, 0.4) is 0 Å². The molecule has 1 fully saturated rings. The highest BCUT2D eigenvalue weighted by atomic mass is 32.1. The molecular weight excluding hydrogens is 535 g/mol. The van der Waals surface area contributed by atoms with E-state index in [2.05, 4.69) is 15.6 Å². The molecule has 0 bridgehead atoms. The summed E-state index contributed by atoms with van der Waals surface area (Å²) in [4.78, 5) is 18.8. The number of aromatic nitrogens is 2. The number of aryl methyl sites for hydroxylation is 1. The van der Waals surface area contributed by atoms with Crippen molar-refractivity contribution < 1.29 is 18.0 Å². The van der Waals surface area contributed by atoms with Gasteiger partial charge in [0.1, 0.15) is 6.04 Å². The van der Waals surface area contributed by atoms with Gasteiger partial charge in [0.2, 0.25) is 5.91 Å². The lowest BCUT2D eigenvalue weighted by Gasteiger charge is -2.29. The first-order chi connectivity index (χ1) is 19.0. The Kier molecular flexibility index (Phi) is 7.37. The number of hydrogen-bond donors (Lipinski definition) is 2. The first-order valence-electron chi connectivity index (χ1n) is 12.8. The van der Waals surface area contributed by atoms with Crippen LogP contribution >= 0.6 is 12.2 Å². The zero-order valence-corrected chi connectivity index (χ0v) is 22.9. The van der Waals surface area contributed by atoms with E-state index in [1.807, 2.05) is 68.1 Å². The molecule has 0 radical (unpaired) electrons. The number of carbonyl (C=O) groups is 1. The Morgan fingerprint density at radius 1 is 1.02 bits per heavy atom. The van der Waals surface area contributed by atoms with Gasteiger partial charge in [-0.1, -0.05) is 26.0 Å². The molecule has 2 atom stereocenters. The topological polar surface area (TPSA) is 62.2 Å². The Morgan fingerprint density at radius 2 is 1.82 bits per heavy atom. The molecule has 4 aromatic rings. The standard InChI is InChI=1S/C30H28F3N5OS/c1-18(2)28(39)35-23-13-12-22(16-19(23)3)38-27(26(36-29(38)40)24-10-4-5-14-34-24)25-11-7-15-37(25)21-9-6-8-20(17-21)30(31,32)33/h4-18,26-27H,1-3H3,(H,35,39)(H,36,40)/t26-,27-/m0/s1. The summed E-state index contributed by atoms with van der Waals surface area (Å²) >= 11 is 5.82. The van der Waals surface area contributed by atoms with Crippen LogP contribution in [0.15, 0.2) is 85.2 Å². The summed E-state index contributed by atoms with van der Waals surface area (Å²) < 4.78 is 42.4. The number of carbonyl (C=O) groups excluding carboxylic acids is 1. The Bertz CT molecular complexity index is 1550. The number of alkyl halides is 3. The molecule has 1 aliphatic heterocycles. The van der Waals surface area contributed by atoms with E-state index in [4.69, 9.17) is 12.2 Å². The second-order valence-corrected chi connectivity index (χ2v) is 10.4. The Balaban J connectivity index is 1.61. The highest BCUT2D eigenvalue weighted by Gasteiger charge is 2.42. The van der Waals surface area contributed by atoms with Gasteiger partial charge >= 0.3 is 6.18 Å². The molecule has 1 aliphatic rings. The molecule has 0 unspecified atom stereocenters. The van der Waals surface area contributed by atoms with Gasteiger partial charge in [-0.15, -0.1) is 0 Å². The van der Waals surface area contributed by atoms with E-state index >= 15 is 0 Å². The van der Waals surface area contributed by atoms with E-state index in [1.165, 1.54) is 6.07 Å². The summed E-state index contributed by atoms with van der Waals surface area (Å²) in [6, 6.07) is 19.4. The second-order valence-electron chi connectivity index (χ2n) is 9.99. The zero-order valence-electron chi connectivity index (χ0n) is 22.1. The Morgan fingerprint density at radius 3 is 2.50 bits per heavy atom. The molecular formula is C30H28F3N5OS. The van der Waals surface area contributed by atoms with Crippen molar-refractivity contribution in [1.82, 2.24) is 14.9 Å². The van der Waals surface area contributed by atoms with Crippen LogP contribution in [-0.4, -0.2) is 20.6 Å². The van der Waals surface area contributed by atoms with Gasteiger partial charge in [-0.2, -0.15) is 13.2 Å². The van der Waals surface area contributed by atoms with Gasteiger partial charge in [0.05, 0.1) is 17.3 Å². The third-order valence-electron chi connectivity index (χ3n) is 6.90. The van der Waals surface area contributed by atoms with E-state index in [-0.39, 0.29) is 17.9 Å². The van der Waals surface area contributed by atoms with Gasteiger partial charge in [0, 0.05) is 41.1 Å². The number of halogens is 3. The maximum atomic E-state index is 13.5. The van der Waals surface area contributed by atoms with E-state index < -0.39 is 17.8 Å². The third kappa shape index (κ3) is 5.31. The number of nitrogens with zero attached hydrogens (tertiary/aromatic N) is 3. The van der Waals surface area contributed by atoms with Gasteiger partial charge in [0.15, 0.2) is 5.11 Å². The van der Waals surface area contributed by atoms with Crippen LogP contribution in [0.1, 0.15) is 48.4 Å². The molecule has 2 aromatic heterocycles. The molecule has 3 heterocycles. The molecule has 1 amide bonds. The maximum Gasteiger partial charge on any atom is 0.416 e. The van der Waals surface area contributed by atoms with Crippen LogP contribution in [0.4, 0.5) is 24.5 Å². The highest BCUT2D eigenvalue weighted by Crippen LogP contribution is 2.43. The molecule has 10 heteroatoms. The summed E-state index contributed by atoms with van der Waals surface area (Å²) in [5.74, 6) is -0.247. The number of pyridine rings is 1. The predicted molar refractivity (Wildman–Crippen MR) is 153 cm³/mol. The van der Waals surface area contributed by atoms with E-state index in [0.717, 1.165) is 34.8 Å². The molecule has 0 aliphatic carbocycles. The van der Waals surface area contributed by atoms with Crippen LogP contribution in [0.5, 0.6) is 0 Å². The van der Waals surface area contributed by atoms with Crippen molar-refractivity contribution in [1.29, 1.82) is 0 Å². The molecule has 2 N–H and O–H groups in total. The number of rotatable bonds is 6. The quantitative estimate of drug-likeness (QED) is 0.248. The summed E-state index contributed by atoms with van der Waals surface area (Å²) in [5, 5.41) is 6.79. The fourth-order valence-corrected chi connectivity index (χ4v) is 5.20. The molecule has 2 aromatic carbocycles. The van der Waals surface area contributed by atoms with E-state index in [1.54, 1.807) is 29.1 Å². The van der Waals surface area contributed by atoms with Gasteiger partial charge in [0.25, 0.3) is 0 Å². The van der Waals surface area contributed by atoms with Crippen LogP contribution in [0.25, 0.3) is 5.69 Å². The lowest BCUT2D eigenvalue weighted by Crippen LogP contribution is -2.30. The summed E-state index contributed by atoms with van der Waals surface area (Å²) in [6.07, 6.45) is -1.02. The number of benzene rings is 2. The van der Waals surface area contributed by atoms with Gasteiger partial charge in [-0.25, -0.2) is 0 Å². The molecule has 0 spiro atoms. The second kappa shape index (κ2) is 10.8. The van der Waals surface area contributed by atoms with Crippen LogP contribution in [0, 0.1) is 12.8 Å². The van der Waals surface area contributed by atoms with Crippen molar-refractivity contribution in [2.75, 3.05) is 10.2 Å².